The summed E-state index contributed by atoms with van der Waals surface area (Å²) in [6.07, 6.45) is 3.02. The summed E-state index contributed by atoms with van der Waals surface area (Å²) in [5.74, 6) is 1.39. The molecule has 0 saturated heterocycles. The molecule has 1 aromatic carbocycles. The highest BCUT2D eigenvalue weighted by molar-refractivity contribution is 7.98. The van der Waals surface area contributed by atoms with Crippen LogP contribution in [-0.4, -0.2) is 37.9 Å². The zero-order chi connectivity index (χ0) is 15.5. The predicted molar refractivity (Wildman–Crippen MR) is 83.0 cm³/mol. The number of benzene rings is 1. The molecule has 0 fully saturated rings. The van der Waals surface area contributed by atoms with Gasteiger partial charge in [0.1, 0.15) is 11.6 Å². The first kappa shape index (κ1) is 15.6. The summed E-state index contributed by atoms with van der Waals surface area (Å²) in [6, 6.07) is 7.94. The molecule has 6 nitrogen and oxygen atoms in total. The number of nitrogens with zero attached hydrogens (tertiary/aromatic N) is 2. The first-order chi connectivity index (χ1) is 9.92. The van der Waals surface area contributed by atoms with Crippen molar-refractivity contribution in [1.29, 1.82) is 0 Å². The number of hydrogen-bond acceptors (Lipinski definition) is 7. The van der Waals surface area contributed by atoms with Crippen molar-refractivity contribution in [2.24, 2.45) is 0 Å². The van der Waals surface area contributed by atoms with Crippen LogP contribution in [-0.2, 0) is 9.84 Å². The molecular weight excluding hydrogens is 310 g/mol. The van der Waals surface area contributed by atoms with E-state index in [0.29, 0.717) is 22.6 Å². The number of anilines is 1. The third kappa shape index (κ3) is 4.08. The van der Waals surface area contributed by atoms with E-state index in [4.69, 9.17) is 4.74 Å². The third-order valence-electron chi connectivity index (χ3n) is 2.58. The maximum absolute atomic E-state index is 11.5. The molecule has 8 heteroatoms. The highest BCUT2D eigenvalue weighted by atomic mass is 32.2. The minimum atomic E-state index is -3.27. The van der Waals surface area contributed by atoms with Crippen LogP contribution < -0.4 is 10.1 Å². The summed E-state index contributed by atoms with van der Waals surface area (Å²) in [4.78, 5) is 8.66. The predicted octanol–water partition coefficient (Wildman–Crippen LogP) is 2.44. The fourth-order valence-electron chi connectivity index (χ4n) is 1.56. The van der Waals surface area contributed by atoms with Crippen molar-refractivity contribution >= 4 is 27.4 Å². The van der Waals surface area contributed by atoms with Crippen molar-refractivity contribution in [2.75, 3.05) is 24.9 Å². The minimum absolute atomic E-state index is 0.202. The lowest BCUT2D eigenvalue weighted by molar-refractivity contribution is 0.454. The first-order valence-corrected chi connectivity index (χ1v) is 9.13. The molecule has 112 valence electrons. The molecule has 0 aliphatic carbocycles. The molecule has 0 unspecified atom stereocenters. The molecule has 0 aliphatic heterocycles. The number of thioether (sulfide) groups is 1. The van der Waals surface area contributed by atoms with Crippen LogP contribution in [0.3, 0.4) is 0 Å². The molecule has 1 aromatic heterocycles. The summed E-state index contributed by atoms with van der Waals surface area (Å²) in [5, 5.41) is 3.49. The van der Waals surface area contributed by atoms with Gasteiger partial charge in [-0.25, -0.2) is 13.4 Å². The normalized spacial score (nSPS) is 11.2. The van der Waals surface area contributed by atoms with Crippen molar-refractivity contribution < 1.29 is 13.2 Å². The third-order valence-corrected chi connectivity index (χ3v) is 4.23. The molecule has 0 saturated carbocycles. The highest BCUT2D eigenvalue weighted by Crippen LogP contribution is 2.25. The molecule has 2 rings (SSSR count). The van der Waals surface area contributed by atoms with Crippen LogP contribution in [0.15, 0.2) is 40.4 Å². The molecule has 0 aliphatic rings. The van der Waals surface area contributed by atoms with Crippen molar-refractivity contribution in [3.05, 3.63) is 30.3 Å². The Hall–Kier alpha value is -1.80. The Labute approximate surface area is 127 Å². The second-order valence-electron chi connectivity index (χ2n) is 4.18. The number of nitrogens with one attached hydrogen (secondary N) is 1. The van der Waals surface area contributed by atoms with Crippen LogP contribution in [0.25, 0.3) is 0 Å². The van der Waals surface area contributed by atoms with Gasteiger partial charge in [0.25, 0.3) is 0 Å². The van der Waals surface area contributed by atoms with Gasteiger partial charge in [0.2, 0.25) is 5.88 Å². The average molecular weight is 325 g/mol. The van der Waals surface area contributed by atoms with E-state index in [9.17, 15) is 8.42 Å². The Kier molecular flexibility index (Phi) is 4.69. The van der Waals surface area contributed by atoms with Crippen LogP contribution in [0.4, 0.5) is 5.82 Å². The van der Waals surface area contributed by atoms with E-state index in [2.05, 4.69) is 15.3 Å². The summed E-state index contributed by atoms with van der Waals surface area (Å²) < 4.78 is 28.7. The van der Waals surface area contributed by atoms with Gasteiger partial charge in [-0.1, -0.05) is 17.8 Å². The quantitative estimate of drug-likeness (QED) is 0.668. The SMILES string of the molecule is CNc1cc(Oc2cccc(S(C)(=O)=O)c2)nc(SC)n1. The summed E-state index contributed by atoms with van der Waals surface area (Å²) in [5.41, 5.74) is 0. The molecule has 0 spiro atoms. The average Bonchev–Trinajstić information content (AvgIpc) is 2.46. The second kappa shape index (κ2) is 6.31. The van der Waals surface area contributed by atoms with Crippen LogP contribution in [0.5, 0.6) is 11.6 Å². The Morgan fingerprint density at radius 2 is 2.00 bits per heavy atom. The van der Waals surface area contributed by atoms with Gasteiger partial charge in [-0.15, -0.1) is 0 Å². The topological polar surface area (TPSA) is 81.2 Å². The van der Waals surface area contributed by atoms with Gasteiger partial charge in [0.15, 0.2) is 15.0 Å². The molecule has 1 N–H and O–H groups in total. The standard InChI is InChI=1S/C13H15N3O3S2/c1-14-11-8-12(16-13(15-11)20-2)19-9-5-4-6-10(7-9)21(3,17)18/h4-8H,1-3H3,(H,14,15,16). The van der Waals surface area contributed by atoms with Gasteiger partial charge in [-0.3, -0.25) is 0 Å². The van der Waals surface area contributed by atoms with Crippen LogP contribution in [0.2, 0.25) is 0 Å². The van der Waals surface area contributed by atoms with Gasteiger partial charge >= 0.3 is 0 Å². The van der Waals surface area contributed by atoms with Crippen LogP contribution in [0.1, 0.15) is 0 Å². The first-order valence-electron chi connectivity index (χ1n) is 6.01. The largest absolute Gasteiger partial charge is 0.439 e. The van der Waals surface area contributed by atoms with Crippen molar-refractivity contribution in [3.8, 4) is 11.6 Å². The number of hydrogen-bond donors (Lipinski definition) is 1. The lowest BCUT2D eigenvalue weighted by atomic mass is 10.3. The Balaban J connectivity index is 2.34. The zero-order valence-electron chi connectivity index (χ0n) is 11.8. The molecular formula is C13H15N3O3S2. The van der Waals surface area contributed by atoms with Gasteiger partial charge in [0, 0.05) is 19.4 Å². The summed E-state index contributed by atoms with van der Waals surface area (Å²) >= 11 is 1.39. The molecule has 0 bridgehead atoms. The van der Waals surface area contributed by atoms with Crippen LogP contribution >= 0.6 is 11.8 Å². The smallest absolute Gasteiger partial charge is 0.225 e. The van der Waals surface area contributed by atoms with E-state index < -0.39 is 9.84 Å². The second-order valence-corrected chi connectivity index (χ2v) is 6.97. The van der Waals surface area contributed by atoms with Gasteiger partial charge in [-0.05, 0) is 24.5 Å². The van der Waals surface area contributed by atoms with Gasteiger partial charge in [0.05, 0.1) is 4.90 Å². The minimum Gasteiger partial charge on any atom is -0.439 e. The van der Waals surface area contributed by atoms with E-state index in [-0.39, 0.29) is 4.90 Å². The monoisotopic (exact) mass is 325 g/mol. The molecule has 1 heterocycles. The number of rotatable bonds is 5. The van der Waals surface area contributed by atoms with Crippen molar-refractivity contribution in [1.82, 2.24) is 9.97 Å². The summed E-state index contributed by atoms with van der Waals surface area (Å²) in [7, 11) is -1.52. The number of ether oxygens (including phenoxy) is 1. The molecule has 2 aromatic rings. The van der Waals surface area contributed by atoms with Gasteiger partial charge < -0.3 is 10.1 Å². The van der Waals surface area contributed by atoms with E-state index in [1.165, 1.54) is 23.9 Å². The lowest BCUT2D eigenvalue weighted by Crippen LogP contribution is -1.99. The van der Waals surface area contributed by atoms with E-state index in [1.54, 1.807) is 25.2 Å². The van der Waals surface area contributed by atoms with Crippen molar-refractivity contribution in [2.45, 2.75) is 10.1 Å². The molecule has 0 radical (unpaired) electrons. The van der Waals surface area contributed by atoms with E-state index in [1.807, 2.05) is 6.26 Å². The fourth-order valence-corrected chi connectivity index (χ4v) is 2.59. The molecule has 21 heavy (non-hydrogen) atoms. The van der Waals surface area contributed by atoms with Crippen molar-refractivity contribution in [3.63, 3.8) is 0 Å². The zero-order valence-corrected chi connectivity index (χ0v) is 13.5. The molecule has 0 atom stereocenters. The van der Waals surface area contributed by atoms with E-state index >= 15 is 0 Å². The molecule has 0 amide bonds. The lowest BCUT2D eigenvalue weighted by Gasteiger charge is -2.08. The van der Waals surface area contributed by atoms with Crippen LogP contribution in [0, 0.1) is 0 Å². The fraction of sp³-hybridized carbons (Fsp3) is 0.231. The Morgan fingerprint density at radius 1 is 1.24 bits per heavy atom. The number of sulfone groups is 1. The Bertz CT molecular complexity index is 726. The maximum atomic E-state index is 11.5. The van der Waals surface area contributed by atoms with Gasteiger partial charge in [-0.2, -0.15) is 4.98 Å². The maximum Gasteiger partial charge on any atom is 0.225 e. The number of aromatic nitrogens is 2. The van der Waals surface area contributed by atoms with E-state index in [0.717, 1.165) is 6.26 Å². The highest BCUT2D eigenvalue weighted by Gasteiger charge is 2.10. The Morgan fingerprint density at radius 3 is 2.62 bits per heavy atom. The summed E-state index contributed by atoms with van der Waals surface area (Å²) in [6.45, 7) is 0.